The van der Waals surface area contributed by atoms with Gasteiger partial charge in [-0.2, -0.15) is 0 Å². The standard InChI is InChI=1S/C60H40N6/c1-5-29-61-55(21-1)47-17-9-13-43(33-47)51-37-53(45-15-11-19-49(35-45)57-23-3-7-31-63-57)59(65-39-51)41-25-27-42(28-26-41)60-54(46-16-12-20-50(36-46)58-24-4-8-32-64-58)38-52(40-66-60)44-14-10-18-48(34-44)56-22-2-6-30-62-56/h1-40H. The third-order valence-electron chi connectivity index (χ3n) is 11.8. The largest absolute Gasteiger partial charge is 0.256 e. The summed E-state index contributed by atoms with van der Waals surface area (Å²) in [5.41, 5.74) is 19.9. The molecule has 0 aliphatic rings. The zero-order valence-electron chi connectivity index (χ0n) is 35.8. The Morgan fingerprint density at radius 1 is 0.197 bits per heavy atom. The molecule has 0 amide bonds. The highest BCUT2D eigenvalue weighted by Gasteiger charge is 2.17. The molecule has 6 heterocycles. The van der Waals surface area contributed by atoms with Gasteiger partial charge in [0.2, 0.25) is 0 Å². The van der Waals surface area contributed by atoms with Crippen LogP contribution in [0.1, 0.15) is 0 Å². The van der Waals surface area contributed by atoms with Gasteiger partial charge in [0, 0.05) is 92.8 Å². The van der Waals surface area contributed by atoms with Crippen LogP contribution in [0, 0.1) is 0 Å². The monoisotopic (exact) mass is 844 g/mol. The van der Waals surface area contributed by atoms with E-state index < -0.39 is 0 Å². The van der Waals surface area contributed by atoms with Crippen molar-refractivity contribution in [1.29, 1.82) is 0 Å². The summed E-state index contributed by atoms with van der Waals surface area (Å²) in [5, 5.41) is 0. The molecule has 6 heteroatoms. The Bertz CT molecular complexity index is 3220. The van der Waals surface area contributed by atoms with Crippen molar-refractivity contribution in [1.82, 2.24) is 29.9 Å². The van der Waals surface area contributed by atoms with Crippen LogP contribution in [0.25, 0.3) is 112 Å². The number of benzene rings is 5. The van der Waals surface area contributed by atoms with Crippen molar-refractivity contribution in [3.8, 4) is 112 Å². The van der Waals surface area contributed by atoms with Gasteiger partial charge in [-0.15, -0.1) is 0 Å². The van der Waals surface area contributed by atoms with Crippen molar-refractivity contribution >= 4 is 0 Å². The molecular weight excluding hydrogens is 805 g/mol. The second kappa shape index (κ2) is 18.0. The lowest BCUT2D eigenvalue weighted by molar-refractivity contribution is 1.30. The summed E-state index contributed by atoms with van der Waals surface area (Å²) in [6, 6.07) is 71.2. The van der Waals surface area contributed by atoms with Gasteiger partial charge >= 0.3 is 0 Å². The van der Waals surface area contributed by atoms with Crippen molar-refractivity contribution in [2.45, 2.75) is 0 Å². The number of hydrogen-bond acceptors (Lipinski definition) is 6. The third kappa shape index (κ3) is 8.30. The highest BCUT2D eigenvalue weighted by molar-refractivity contribution is 5.89. The van der Waals surface area contributed by atoms with Crippen LogP contribution >= 0.6 is 0 Å². The highest BCUT2D eigenvalue weighted by atomic mass is 14.7. The number of rotatable bonds is 10. The van der Waals surface area contributed by atoms with Gasteiger partial charge in [-0.1, -0.05) is 121 Å². The molecule has 0 atom stereocenters. The topological polar surface area (TPSA) is 77.3 Å². The van der Waals surface area contributed by atoms with E-state index in [-0.39, 0.29) is 0 Å². The van der Waals surface area contributed by atoms with Crippen LogP contribution in [0.3, 0.4) is 0 Å². The van der Waals surface area contributed by atoms with Crippen LogP contribution in [0.5, 0.6) is 0 Å². The molecule has 0 saturated carbocycles. The molecule has 0 radical (unpaired) electrons. The summed E-state index contributed by atoms with van der Waals surface area (Å²) >= 11 is 0. The highest BCUT2D eigenvalue weighted by Crippen LogP contribution is 2.40. The molecule has 0 saturated heterocycles. The lowest BCUT2D eigenvalue weighted by Gasteiger charge is -2.15. The second-order valence-corrected chi connectivity index (χ2v) is 16.0. The van der Waals surface area contributed by atoms with E-state index in [4.69, 9.17) is 9.97 Å². The summed E-state index contributed by atoms with van der Waals surface area (Å²) in [6.07, 6.45) is 11.3. The number of hydrogen-bond donors (Lipinski definition) is 0. The molecule has 11 rings (SSSR count). The van der Waals surface area contributed by atoms with E-state index in [0.717, 1.165) is 112 Å². The Hall–Kier alpha value is -9.00. The van der Waals surface area contributed by atoms with E-state index in [1.165, 1.54) is 0 Å². The van der Waals surface area contributed by atoms with Crippen LogP contribution in [0.2, 0.25) is 0 Å². The molecule has 0 N–H and O–H groups in total. The molecule has 0 spiro atoms. The Balaban J connectivity index is 1.01. The van der Waals surface area contributed by atoms with Gasteiger partial charge in [0.25, 0.3) is 0 Å². The molecule has 0 bridgehead atoms. The SMILES string of the molecule is c1ccc(-c2cccc(-c3cnc(-c4ccc(-c5ncc(-c6cccc(-c7ccccn7)c6)cc5-c5cccc(-c6ccccn6)c5)cc4)c(-c4cccc(-c5ccccn5)c4)c3)c2)nc1. The molecule has 310 valence electrons. The Morgan fingerprint density at radius 2 is 0.500 bits per heavy atom. The third-order valence-corrected chi connectivity index (χ3v) is 11.8. The molecule has 0 unspecified atom stereocenters. The van der Waals surface area contributed by atoms with Crippen molar-refractivity contribution in [2.75, 3.05) is 0 Å². The zero-order chi connectivity index (χ0) is 44.1. The Labute approximate surface area is 383 Å². The fraction of sp³-hybridized carbons (Fsp3) is 0. The molecule has 5 aromatic carbocycles. The van der Waals surface area contributed by atoms with E-state index in [2.05, 4.69) is 153 Å². The summed E-state index contributed by atoms with van der Waals surface area (Å²) in [7, 11) is 0. The van der Waals surface area contributed by atoms with E-state index in [1.54, 1.807) is 0 Å². The Morgan fingerprint density at radius 3 is 0.818 bits per heavy atom. The second-order valence-electron chi connectivity index (χ2n) is 16.0. The van der Waals surface area contributed by atoms with Gasteiger partial charge in [-0.3, -0.25) is 29.9 Å². The van der Waals surface area contributed by atoms with E-state index in [1.807, 2.05) is 110 Å². The van der Waals surface area contributed by atoms with Crippen LogP contribution in [0.15, 0.2) is 243 Å². The minimum Gasteiger partial charge on any atom is -0.256 e. The smallest absolute Gasteiger partial charge is 0.0780 e. The molecule has 66 heavy (non-hydrogen) atoms. The van der Waals surface area contributed by atoms with Crippen molar-refractivity contribution < 1.29 is 0 Å². The normalized spacial score (nSPS) is 11.0. The van der Waals surface area contributed by atoms with Gasteiger partial charge in [0.1, 0.15) is 0 Å². The fourth-order valence-electron chi connectivity index (χ4n) is 8.47. The van der Waals surface area contributed by atoms with Crippen molar-refractivity contribution in [2.24, 2.45) is 0 Å². The van der Waals surface area contributed by atoms with Crippen LogP contribution in [-0.2, 0) is 0 Å². The first kappa shape index (κ1) is 39.8. The predicted molar refractivity (Wildman–Crippen MR) is 268 cm³/mol. The molecule has 6 nitrogen and oxygen atoms in total. The summed E-state index contributed by atoms with van der Waals surface area (Å²) in [4.78, 5) is 29.0. The van der Waals surface area contributed by atoms with Crippen molar-refractivity contribution in [3.63, 3.8) is 0 Å². The number of aromatic nitrogens is 6. The predicted octanol–water partition coefficient (Wildman–Crippen LogP) is 14.7. The average molecular weight is 845 g/mol. The van der Waals surface area contributed by atoms with Gasteiger partial charge in [-0.25, -0.2) is 0 Å². The van der Waals surface area contributed by atoms with E-state index in [0.29, 0.717) is 0 Å². The maximum atomic E-state index is 5.23. The molecule has 6 aromatic heterocycles. The first-order valence-corrected chi connectivity index (χ1v) is 21.9. The van der Waals surface area contributed by atoms with Crippen molar-refractivity contribution in [3.05, 3.63) is 243 Å². The van der Waals surface area contributed by atoms with Gasteiger partial charge in [0.05, 0.1) is 34.2 Å². The molecule has 0 fully saturated rings. The first-order valence-electron chi connectivity index (χ1n) is 21.9. The summed E-state index contributed by atoms with van der Waals surface area (Å²) in [5.74, 6) is 0. The maximum absolute atomic E-state index is 5.23. The molecular formula is C60H40N6. The number of nitrogens with zero attached hydrogens (tertiary/aromatic N) is 6. The molecule has 0 aliphatic heterocycles. The first-order chi connectivity index (χ1) is 32.7. The zero-order valence-corrected chi connectivity index (χ0v) is 35.8. The summed E-state index contributed by atoms with van der Waals surface area (Å²) < 4.78 is 0. The average Bonchev–Trinajstić information content (AvgIpc) is 3.42. The maximum Gasteiger partial charge on any atom is 0.0780 e. The van der Waals surface area contributed by atoms with Gasteiger partial charge in [0.15, 0.2) is 0 Å². The van der Waals surface area contributed by atoms with E-state index in [9.17, 15) is 0 Å². The minimum atomic E-state index is 0.878. The van der Waals surface area contributed by atoms with Gasteiger partial charge in [-0.05, 0) is 107 Å². The van der Waals surface area contributed by atoms with Crippen LogP contribution < -0.4 is 0 Å². The molecule has 0 aliphatic carbocycles. The minimum absolute atomic E-state index is 0.878. The number of pyridine rings is 6. The Kier molecular flexibility index (Phi) is 10.9. The lowest BCUT2D eigenvalue weighted by Crippen LogP contribution is -1.95. The molecule has 11 aromatic rings. The lowest BCUT2D eigenvalue weighted by atomic mass is 9.92. The summed E-state index contributed by atoms with van der Waals surface area (Å²) in [6.45, 7) is 0. The van der Waals surface area contributed by atoms with E-state index >= 15 is 0 Å². The van der Waals surface area contributed by atoms with Crippen LogP contribution in [0.4, 0.5) is 0 Å². The quantitative estimate of drug-likeness (QED) is 0.136. The van der Waals surface area contributed by atoms with Crippen LogP contribution in [-0.4, -0.2) is 29.9 Å². The fourth-order valence-corrected chi connectivity index (χ4v) is 8.47. The van der Waals surface area contributed by atoms with Gasteiger partial charge < -0.3 is 0 Å².